The number of aliphatic carboxylic acids is 2. The third kappa shape index (κ3) is 2.56. The first-order chi connectivity index (χ1) is 7.04. The minimum absolute atomic E-state index is 0.514. The van der Waals surface area contributed by atoms with E-state index in [4.69, 9.17) is 10.2 Å². The summed E-state index contributed by atoms with van der Waals surface area (Å²) < 4.78 is 0. The van der Waals surface area contributed by atoms with Gasteiger partial charge in [-0.05, 0) is 5.56 Å². The van der Waals surface area contributed by atoms with Crippen molar-refractivity contribution < 1.29 is 19.8 Å². The molecule has 0 unspecified atom stereocenters. The van der Waals surface area contributed by atoms with Gasteiger partial charge >= 0.3 is 11.9 Å². The third-order valence-electron chi connectivity index (χ3n) is 2.31. The van der Waals surface area contributed by atoms with E-state index in [-0.39, 0.29) is 0 Å². The van der Waals surface area contributed by atoms with Crippen LogP contribution in [0.5, 0.6) is 0 Å². The van der Waals surface area contributed by atoms with E-state index in [1.807, 2.05) is 0 Å². The van der Waals surface area contributed by atoms with Crippen LogP contribution in [0.15, 0.2) is 30.3 Å². The molecule has 80 valence electrons. The fourth-order valence-corrected chi connectivity index (χ4v) is 1.45. The van der Waals surface area contributed by atoms with Crippen molar-refractivity contribution in [3.63, 3.8) is 0 Å². The molecule has 0 bridgehead atoms. The van der Waals surface area contributed by atoms with Crippen molar-refractivity contribution >= 4 is 11.9 Å². The molecule has 0 saturated heterocycles. The predicted molar refractivity (Wildman–Crippen MR) is 53.6 cm³/mol. The Morgan fingerprint density at radius 2 is 1.60 bits per heavy atom. The van der Waals surface area contributed by atoms with Gasteiger partial charge in [-0.3, -0.25) is 9.59 Å². The molecule has 0 aromatic heterocycles. The van der Waals surface area contributed by atoms with Gasteiger partial charge in [-0.25, -0.2) is 0 Å². The minimum atomic E-state index is -1.11. The quantitative estimate of drug-likeness (QED) is 0.787. The summed E-state index contributed by atoms with van der Waals surface area (Å²) in [4.78, 5) is 21.7. The zero-order valence-corrected chi connectivity index (χ0v) is 8.25. The van der Waals surface area contributed by atoms with E-state index in [9.17, 15) is 9.59 Å². The molecule has 1 rings (SSSR count). The molecule has 0 radical (unpaired) electrons. The Morgan fingerprint density at radius 3 is 2.00 bits per heavy atom. The highest BCUT2D eigenvalue weighted by Gasteiger charge is 2.31. The maximum Gasteiger partial charge on any atom is 0.311 e. The average molecular weight is 208 g/mol. The van der Waals surface area contributed by atoms with E-state index in [2.05, 4.69) is 0 Å². The summed E-state index contributed by atoms with van der Waals surface area (Å²) in [6.07, 6.45) is 0. The summed E-state index contributed by atoms with van der Waals surface area (Å²) in [5.41, 5.74) is 0.514. The molecular formula is C11H12O4. The lowest BCUT2D eigenvalue weighted by atomic mass is 9.87. The monoisotopic (exact) mass is 208 g/mol. The van der Waals surface area contributed by atoms with Crippen LogP contribution in [0.2, 0.25) is 0 Å². The number of hydrogen-bond donors (Lipinski definition) is 2. The predicted octanol–water partition coefficient (Wildman–Crippen LogP) is 1.58. The summed E-state index contributed by atoms with van der Waals surface area (Å²) in [6, 6.07) is 8.39. The SMILES string of the molecule is C[C@@H](C(=O)O)[C@@H](C(=O)O)c1ccccc1. The van der Waals surface area contributed by atoms with Crippen molar-refractivity contribution in [2.24, 2.45) is 5.92 Å². The number of rotatable bonds is 4. The molecule has 4 heteroatoms. The molecule has 1 aromatic rings. The van der Waals surface area contributed by atoms with Gasteiger partial charge in [-0.15, -0.1) is 0 Å². The maximum atomic E-state index is 11.0. The highest BCUT2D eigenvalue weighted by atomic mass is 16.4. The van der Waals surface area contributed by atoms with Crippen LogP contribution in [-0.4, -0.2) is 22.2 Å². The van der Waals surface area contributed by atoms with E-state index in [0.29, 0.717) is 5.56 Å². The van der Waals surface area contributed by atoms with E-state index >= 15 is 0 Å². The van der Waals surface area contributed by atoms with E-state index in [1.165, 1.54) is 6.92 Å². The highest BCUT2D eigenvalue weighted by molar-refractivity contribution is 5.84. The zero-order chi connectivity index (χ0) is 11.4. The molecule has 0 aliphatic carbocycles. The molecule has 0 aliphatic rings. The van der Waals surface area contributed by atoms with Crippen molar-refractivity contribution in [3.05, 3.63) is 35.9 Å². The van der Waals surface area contributed by atoms with Crippen LogP contribution in [0.25, 0.3) is 0 Å². The van der Waals surface area contributed by atoms with Gasteiger partial charge in [0.15, 0.2) is 0 Å². The Labute approximate surface area is 87.2 Å². The molecule has 0 fully saturated rings. The lowest BCUT2D eigenvalue weighted by molar-refractivity contribution is -0.149. The molecule has 0 spiro atoms. The second kappa shape index (κ2) is 4.59. The number of hydrogen-bond acceptors (Lipinski definition) is 2. The van der Waals surface area contributed by atoms with Crippen LogP contribution in [0.1, 0.15) is 18.4 Å². The molecule has 2 atom stereocenters. The Balaban J connectivity index is 3.04. The van der Waals surface area contributed by atoms with Crippen molar-refractivity contribution in [2.45, 2.75) is 12.8 Å². The van der Waals surface area contributed by atoms with Gasteiger partial charge in [0.25, 0.3) is 0 Å². The van der Waals surface area contributed by atoms with Gasteiger partial charge in [-0.2, -0.15) is 0 Å². The lowest BCUT2D eigenvalue weighted by Crippen LogP contribution is -2.25. The number of carboxylic acid groups (broad SMARTS) is 2. The minimum Gasteiger partial charge on any atom is -0.481 e. The topological polar surface area (TPSA) is 74.6 Å². The molecule has 0 heterocycles. The summed E-state index contributed by atoms with van der Waals surface area (Å²) >= 11 is 0. The Bertz CT molecular complexity index is 358. The van der Waals surface area contributed by atoms with Gasteiger partial charge in [0, 0.05) is 0 Å². The van der Waals surface area contributed by atoms with Crippen molar-refractivity contribution in [1.29, 1.82) is 0 Å². The Hall–Kier alpha value is -1.84. The highest BCUT2D eigenvalue weighted by Crippen LogP contribution is 2.24. The van der Waals surface area contributed by atoms with Crippen LogP contribution < -0.4 is 0 Å². The van der Waals surface area contributed by atoms with Crippen LogP contribution in [0.4, 0.5) is 0 Å². The maximum absolute atomic E-state index is 11.0. The van der Waals surface area contributed by atoms with Crippen LogP contribution in [0, 0.1) is 5.92 Å². The standard InChI is InChI=1S/C11H12O4/c1-7(10(12)13)9(11(14)15)8-5-3-2-4-6-8/h2-7,9H,1H3,(H,12,13)(H,14,15)/t7-,9-/m1/s1. The number of benzene rings is 1. The van der Waals surface area contributed by atoms with E-state index < -0.39 is 23.8 Å². The fourth-order valence-electron chi connectivity index (χ4n) is 1.45. The molecule has 1 aromatic carbocycles. The molecule has 15 heavy (non-hydrogen) atoms. The van der Waals surface area contributed by atoms with Gasteiger partial charge < -0.3 is 10.2 Å². The van der Waals surface area contributed by atoms with E-state index in [0.717, 1.165) is 0 Å². The van der Waals surface area contributed by atoms with Gasteiger partial charge in [-0.1, -0.05) is 37.3 Å². The first-order valence-electron chi connectivity index (χ1n) is 4.54. The number of carbonyl (C=O) groups is 2. The van der Waals surface area contributed by atoms with Gasteiger partial charge in [0.05, 0.1) is 11.8 Å². The summed E-state index contributed by atoms with van der Waals surface area (Å²) in [5, 5.41) is 17.8. The van der Waals surface area contributed by atoms with Gasteiger partial charge in [0.1, 0.15) is 0 Å². The lowest BCUT2D eigenvalue weighted by Gasteiger charge is -2.16. The summed E-state index contributed by atoms with van der Waals surface area (Å²) in [7, 11) is 0. The average Bonchev–Trinajstić information content (AvgIpc) is 2.18. The first-order valence-corrected chi connectivity index (χ1v) is 4.54. The molecule has 4 nitrogen and oxygen atoms in total. The second-order valence-electron chi connectivity index (χ2n) is 3.35. The van der Waals surface area contributed by atoms with Crippen molar-refractivity contribution in [1.82, 2.24) is 0 Å². The molecule has 0 amide bonds. The van der Waals surface area contributed by atoms with Crippen molar-refractivity contribution in [2.75, 3.05) is 0 Å². The van der Waals surface area contributed by atoms with Crippen LogP contribution in [0.3, 0.4) is 0 Å². The summed E-state index contributed by atoms with van der Waals surface area (Å²) in [5.74, 6) is -4.16. The molecular weight excluding hydrogens is 196 g/mol. The zero-order valence-electron chi connectivity index (χ0n) is 8.25. The third-order valence-corrected chi connectivity index (χ3v) is 2.31. The largest absolute Gasteiger partial charge is 0.481 e. The number of carboxylic acids is 2. The normalized spacial score (nSPS) is 14.2. The smallest absolute Gasteiger partial charge is 0.311 e. The van der Waals surface area contributed by atoms with Crippen LogP contribution >= 0.6 is 0 Å². The fraction of sp³-hybridized carbons (Fsp3) is 0.273. The van der Waals surface area contributed by atoms with Gasteiger partial charge in [0.2, 0.25) is 0 Å². The first kappa shape index (κ1) is 11.2. The second-order valence-corrected chi connectivity index (χ2v) is 3.35. The molecule has 0 saturated carbocycles. The summed E-state index contributed by atoms with van der Waals surface area (Å²) in [6.45, 7) is 1.40. The van der Waals surface area contributed by atoms with Crippen LogP contribution in [-0.2, 0) is 9.59 Å². The molecule has 2 N–H and O–H groups in total. The Kier molecular flexibility index (Phi) is 3.44. The Morgan fingerprint density at radius 1 is 1.07 bits per heavy atom. The molecule has 0 aliphatic heterocycles. The van der Waals surface area contributed by atoms with Crippen molar-refractivity contribution in [3.8, 4) is 0 Å². The van der Waals surface area contributed by atoms with E-state index in [1.54, 1.807) is 30.3 Å².